The Balaban J connectivity index is 1.77. The Hall–Kier alpha value is -1.63. The Morgan fingerprint density at radius 2 is 2.17 bits per heavy atom. The molecule has 0 radical (unpaired) electrons. The van der Waals surface area contributed by atoms with Crippen LogP contribution in [0, 0.1) is 0 Å². The Kier molecular flexibility index (Phi) is 4.84. The Morgan fingerprint density at radius 1 is 1.39 bits per heavy atom. The molecule has 2 N–H and O–H groups in total. The molecule has 2 heterocycles. The van der Waals surface area contributed by atoms with Crippen LogP contribution in [0.25, 0.3) is 0 Å². The van der Waals surface area contributed by atoms with Gasteiger partial charge < -0.3 is 10.3 Å². The third-order valence-electron chi connectivity index (χ3n) is 3.60. The summed E-state index contributed by atoms with van der Waals surface area (Å²) in [5, 5.41) is 3.83. The fraction of sp³-hybridized carbons (Fsp3) is 0.188. The standard InChI is InChI=1S/C16H15ClN4S2/c17-11-2-4-12(5-3-11)21-15(23)16(6-1-7-20-16)10-13(22)14-18-8-9-19-14/h1-9,13,22H,10H2,(H,18,19)(H,21,23). The molecule has 2 aromatic rings. The Bertz CT molecular complexity index is 726. The van der Waals surface area contributed by atoms with Crippen LogP contribution in [0.5, 0.6) is 0 Å². The Labute approximate surface area is 150 Å². The van der Waals surface area contributed by atoms with Crippen molar-refractivity contribution in [2.45, 2.75) is 17.2 Å². The van der Waals surface area contributed by atoms with Crippen molar-refractivity contribution in [1.82, 2.24) is 9.97 Å². The lowest BCUT2D eigenvalue weighted by atomic mass is 9.93. The Morgan fingerprint density at radius 3 is 2.78 bits per heavy atom. The molecule has 0 saturated carbocycles. The van der Waals surface area contributed by atoms with Crippen LogP contribution in [0.2, 0.25) is 5.02 Å². The van der Waals surface area contributed by atoms with E-state index in [2.05, 4.69) is 32.9 Å². The van der Waals surface area contributed by atoms with Crippen LogP contribution in [-0.2, 0) is 0 Å². The van der Waals surface area contributed by atoms with Gasteiger partial charge in [0, 0.05) is 35.7 Å². The van der Waals surface area contributed by atoms with Crippen molar-refractivity contribution in [2.24, 2.45) is 4.99 Å². The average Bonchev–Trinajstić information content (AvgIpc) is 3.21. The lowest BCUT2D eigenvalue weighted by molar-refractivity contribution is 0.624. The summed E-state index contributed by atoms with van der Waals surface area (Å²) in [4.78, 5) is 12.5. The minimum Gasteiger partial charge on any atom is -0.348 e. The zero-order valence-electron chi connectivity index (χ0n) is 12.1. The first-order valence-corrected chi connectivity index (χ1v) is 8.37. The van der Waals surface area contributed by atoms with Gasteiger partial charge in [0.15, 0.2) is 0 Å². The van der Waals surface area contributed by atoms with Crippen LogP contribution >= 0.6 is 36.4 Å². The highest BCUT2D eigenvalue weighted by atomic mass is 35.5. The lowest BCUT2D eigenvalue weighted by Crippen LogP contribution is -2.38. The van der Waals surface area contributed by atoms with Crippen molar-refractivity contribution in [3.8, 4) is 0 Å². The van der Waals surface area contributed by atoms with Crippen molar-refractivity contribution in [3.63, 3.8) is 0 Å². The number of anilines is 1. The summed E-state index contributed by atoms with van der Waals surface area (Å²) in [6, 6.07) is 7.40. The van der Waals surface area contributed by atoms with Crippen LogP contribution in [0.3, 0.4) is 0 Å². The van der Waals surface area contributed by atoms with E-state index in [9.17, 15) is 0 Å². The van der Waals surface area contributed by atoms with E-state index >= 15 is 0 Å². The van der Waals surface area contributed by atoms with E-state index in [1.165, 1.54) is 0 Å². The van der Waals surface area contributed by atoms with Crippen molar-refractivity contribution in [2.75, 3.05) is 5.32 Å². The van der Waals surface area contributed by atoms with E-state index in [-0.39, 0.29) is 5.25 Å². The molecular formula is C16H15ClN4S2. The second kappa shape index (κ2) is 6.86. The number of aromatic nitrogens is 2. The molecule has 1 aliphatic heterocycles. The molecule has 2 atom stereocenters. The molecule has 2 unspecified atom stereocenters. The molecule has 0 aliphatic carbocycles. The van der Waals surface area contributed by atoms with Gasteiger partial charge >= 0.3 is 0 Å². The van der Waals surface area contributed by atoms with E-state index < -0.39 is 5.54 Å². The molecule has 23 heavy (non-hydrogen) atoms. The minimum atomic E-state index is -0.617. The molecule has 4 nitrogen and oxygen atoms in total. The van der Waals surface area contributed by atoms with Gasteiger partial charge in [-0.25, -0.2) is 4.98 Å². The van der Waals surface area contributed by atoms with Gasteiger partial charge in [0.25, 0.3) is 0 Å². The van der Waals surface area contributed by atoms with Gasteiger partial charge in [-0.05, 0) is 36.4 Å². The maximum absolute atomic E-state index is 5.91. The average molecular weight is 363 g/mol. The van der Waals surface area contributed by atoms with E-state index in [0.717, 1.165) is 11.5 Å². The van der Waals surface area contributed by atoms with Crippen LogP contribution in [0.4, 0.5) is 5.69 Å². The molecule has 0 spiro atoms. The first kappa shape index (κ1) is 16.2. The predicted molar refractivity (Wildman–Crippen MR) is 103 cm³/mol. The molecule has 118 valence electrons. The van der Waals surface area contributed by atoms with Gasteiger partial charge in [-0.1, -0.05) is 23.8 Å². The molecular weight excluding hydrogens is 348 g/mol. The number of nitrogens with zero attached hydrogens (tertiary/aromatic N) is 2. The van der Waals surface area contributed by atoms with Gasteiger partial charge in [-0.2, -0.15) is 12.6 Å². The van der Waals surface area contributed by atoms with Crippen molar-refractivity contribution < 1.29 is 0 Å². The largest absolute Gasteiger partial charge is 0.348 e. The van der Waals surface area contributed by atoms with E-state index in [0.29, 0.717) is 16.4 Å². The molecule has 1 aliphatic rings. The van der Waals surface area contributed by atoms with Crippen molar-refractivity contribution in [1.29, 1.82) is 0 Å². The summed E-state index contributed by atoms with van der Waals surface area (Å²) in [6.45, 7) is 0. The highest BCUT2D eigenvalue weighted by molar-refractivity contribution is 7.81. The molecule has 0 amide bonds. The minimum absolute atomic E-state index is 0.102. The number of hydrogen-bond acceptors (Lipinski definition) is 4. The maximum Gasteiger partial charge on any atom is 0.131 e. The van der Waals surface area contributed by atoms with Gasteiger partial charge in [-0.15, -0.1) is 0 Å². The van der Waals surface area contributed by atoms with E-state index in [4.69, 9.17) is 23.8 Å². The first-order valence-electron chi connectivity index (χ1n) is 7.06. The zero-order valence-corrected chi connectivity index (χ0v) is 14.6. The summed E-state index contributed by atoms with van der Waals surface area (Å²) in [5.74, 6) is 0.803. The number of hydrogen-bond donors (Lipinski definition) is 3. The molecule has 3 rings (SSSR count). The quantitative estimate of drug-likeness (QED) is 0.550. The molecule has 1 aromatic carbocycles. The van der Waals surface area contributed by atoms with Crippen molar-refractivity contribution in [3.05, 3.63) is 59.7 Å². The van der Waals surface area contributed by atoms with Crippen LogP contribution in [0.15, 0.2) is 53.8 Å². The number of allylic oxidation sites excluding steroid dienone is 1. The summed E-state index contributed by atoms with van der Waals surface area (Å²) >= 11 is 16.2. The fourth-order valence-corrected chi connectivity index (χ4v) is 3.26. The SMILES string of the molecule is S=C(Nc1ccc(Cl)cc1)C1(CC(S)c2ncc[nH]2)C=CC=N1. The van der Waals surface area contributed by atoms with E-state index in [1.807, 2.05) is 36.4 Å². The third kappa shape index (κ3) is 3.65. The fourth-order valence-electron chi connectivity index (χ4n) is 2.39. The summed E-state index contributed by atoms with van der Waals surface area (Å²) in [7, 11) is 0. The zero-order chi connectivity index (χ0) is 16.3. The number of aromatic amines is 1. The molecule has 0 bridgehead atoms. The van der Waals surface area contributed by atoms with E-state index in [1.54, 1.807) is 18.6 Å². The van der Waals surface area contributed by atoms with Crippen LogP contribution in [0.1, 0.15) is 17.5 Å². The predicted octanol–water partition coefficient (Wildman–Crippen LogP) is 4.24. The second-order valence-electron chi connectivity index (χ2n) is 5.22. The maximum atomic E-state index is 5.91. The number of rotatable bonds is 5. The monoisotopic (exact) mass is 362 g/mol. The number of thiocarbonyl (C=S) groups is 1. The number of aliphatic imine (C=N–C) groups is 1. The number of H-pyrrole nitrogens is 1. The molecule has 0 fully saturated rings. The molecule has 1 aromatic heterocycles. The molecule has 0 saturated heterocycles. The lowest BCUT2D eigenvalue weighted by Gasteiger charge is -2.28. The first-order chi connectivity index (χ1) is 11.1. The topological polar surface area (TPSA) is 53.1 Å². The number of benzene rings is 1. The number of imidazole rings is 1. The number of nitrogens with one attached hydrogen (secondary N) is 2. The van der Waals surface area contributed by atoms with Crippen LogP contribution < -0.4 is 5.32 Å². The van der Waals surface area contributed by atoms with Gasteiger partial charge in [0.1, 0.15) is 16.4 Å². The summed E-state index contributed by atoms with van der Waals surface area (Å²) < 4.78 is 0. The number of thiol groups is 1. The summed E-state index contributed by atoms with van der Waals surface area (Å²) in [5.41, 5.74) is 0.261. The number of halogens is 1. The summed E-state index contributed by atoms with van der Waals surface area (Å²) in [6.07, 6.45) is 9.75. The van der Waals surface area contributed by atoms with Gasteiger partial charge in [-0.3, -0.25) is 4.99 Å². The normalized spacial score (nSPS) is 20.6. The second-order valence-corrected chi connectivity index (χ2v) is 6.68. The smallest absolute Gasteiger partial charge is 0.131 e. The van der Waals surface area contributed by atoms with Gasteiger partial charge in [0.05, 0.1) is 5.25 Å². The van der Waals surface area contributed by atoms with Gasteiger partial charge in [0.2, 0.25) is 0 Å². The highest BCUT2D eigenvalue weighted by Gasteiger charge is 2.36. The third-order valence-corrected chi connectivity index (χ3v) is 4.73. The molecule has 7 heteroatoms. The van der Waals surface area contributed by atoms with Crippen LogP contribution in [-0.4, -0.2) is 26.7 Å². The van der Waals surface area contributed by atoms with Crippen molar-refractivity contribution >= 4 is 53.3 Å². The highest BCUT2D eigenvalue weighted by Crippen LogP contribution is 2.34.